The first-order valence-electron chi connectivity index (χ1n) is 5.23. The van der Waals surface area contributed by atoms with Gasteiger partial charge in [0.2, 0.25) is 0 Å². The molecule has 0 spiro atoms. The van der Waals surface area contributed by atoms with Gasteiger partial charge in [-0.15, -0.1) is 0 Å². The van der Waals surface area contributed by atoms with Crippen LogP contribution in [0.15, 0.2) is 28.7 Å². The van der Waals surface area contributed by atoms with E-state index in [1.807, 2.05) is 12.1 Å². The molecule has 0 radical (unpaired) electrons. The summed E-state index contributed by atoms with van der Waals surface area (Å²) in [6, 6.07) is 8.22. The first kappa shape index (κ1) is 12.5. The molecule has 0 aliphatic carbocycles. The average molecular weight is 271 g/mol. The van der Waals surface area contributed by atoms with E-state index >= 15 is 0 Å². The van der Waals surface area contributed by atoms with Gasteiger partial charge >= 0.3 is 0 Å². The Bertz CT molecular complexity index is 293. The number of benzene rings is 1. The van der Waals surface area contributed by atoms with Crippen molar-refractivity contribution >= 4 is 21.6 Å². The minimum Gasteiger partial charge on any atom is -0.385 e. The molecule has 1 aromatic rings. The van der Waals surface area contributed by atoms with Crippen LogP contribution < -0.4 is 11.1 Å². The zero-order valence-corrected chi connectivity index (χ0v) is 11.0. The van der Waals surface area contributed by atoms with E-state index in [2.05, 4.69) is 47.2 Å². The fraction of sp³-hybridized carbons (Fsp3) is 0.500. The van der Waals surface area contributed by atoms with E-state index in [-0.39, 0.29) is 5.41 Å². The van der Waals surface area contributed by atoms with Crippen LogP contribution in [-0.2, 0) is 0 Å². The predicted octanol–water partition coefficient (Wildman–Crippen LogP) is 3.24. The Morgan fingerprint density at radius 3 is 2.40 bits per heavy atom. The van der Waals surface area contributed by atoms with Gasteiger partial charge in [-0.3, -0.25) is 0 Å². The molecule has 0 unspecified atom stereocenters. The third kappa shape index (κ3) is 4.67. The van der Waals surface area contributed by atoms with Crippen molar-refractivity contribution in [1.29, 1.82) is 0 Å². The zero-order chi connectivity index (χ0) is 11.3. The number of halogens is 1. The van der Waals surface area contributed by atoms with Gasteiger partial charge < -0.3 is 11.1 Å². The smallest absolute Gasteiger partial charge is 0.0341 e. The number of hydrogen-bond acceptors (Lipinski definition) is 2. The van der Waals surface area contributed by atoms with Crippen LogP contribution in [0.3, 0.4) is 0 Å². The molecular weight excluding hydrogens is 252 g/mol. The number of anilines is 1. The third-order valence-corrected chi connectivity index (χ3v) is 2.97. The molecule has 3 N–H and O–H groups in total. The summed E-state index contributed by atoms with van der Waals surface area (Å²) in [5, 5.41) is 3.42. The molecule has 0 fully saturated rings. The van der Waals surface area contributed by atoms with Crippen LogP contribution in [0.2, 0.25) is 0 Å². The van der Waals surface area contributed by atoms with Gasteiger partial charge in [-0.05, 0) is 42.6 Å². The zero-order valence-electron chi connectivity index (χ0n) is 9.39. The van der Waals surface area contributed by atoms with Crippen LogP contribution in [0.25, 0.3) is 0 Å². The molecule has 1 rings (SSSR count). The number of hydrogen-bond donors (Lipinski definition) is 2. The number of nitrogens with two attached hydrogens (primary N) is 1. The molecule has 2 nitrogen and oxygen atoms in total. The Kier molecular flexibility index (Phi) is 4.61. The van der Waals surface area contributed by atoms with E-state index in [9.17, 15) is 0 Å². The van der Waals surface area contributed by atoms with Crippen molar-refractivity contribution in [2.45, 2.75) is 20.3 Å². The summed E-state index contributed by atoms with van der Waals surface area (Å²) >= 11 is 3.42. The molecule has 0 aliphatic heterocycles. The lowest BCUT2D eigenvalue weighted by Crippen LogP contribution is -2.26. The van der Waals surface area contributed by atoms with Crippen LogP contribution >= 0.6 is 15.9 Å². The lowest BCUT2D eigenvalue weighted by molar-refractivity contribution is 0.365. The molecule has 0 saturated heterocycles. The first-order chi connectivity index (χ1) is 7.03. The largest absolute Gasteiger partial charge is 0.385 e. The quantitative estimate of drug-likeness (QED) is 0.862. The van der Waals surface area contributed by atoms with E-state index in [0.29, 0.717) is 0 Å². The molecule has 0 bridgehead atoms. The van der Waals surface area contributed by atoms with Crippen LogP contribution in [0.5, 0.6) is 0 Å². The van der Waals surface area contributed by atoms with Gasteiger partial charge in [-0.2, -0.15) is 0 Å². The second-order valence-electron chi connectivity index (χ2n) is 4.56. The van der Waals surface area contributed by atoms with Crippen LogP contribution in [-0.4, -0.2) is 13.1 Å². The van der Waals surface area contributed by atoms with E-state index in [0.717, 1.165) is 29.7 Å². The van der Waals surface area contributed by atoms with Gasteiger partial charge in [-0.1, -0.05) is 29.8 Å². The Balaban J connectivity index is 2.46. The number of rotatable bonds is 5. The second kappa shape index (κ2) is 5.52. The average Bonchev–Trinajstić information content (AvgIpc) is 2.17. The minimum atomic E-state index is 0.252. The van der Waals surface area contributed by atoms with Gasteiger partial charge in [0.15, 0.2) is 0 Å². The summed E-state index contributed by atoms with van der Waals surface area (Å²) in [6.45, 7) is 6.15. The van der Waals surface area contributed by atoms with E-state index < -0.39 is 0 Å². The van der Waals surface area contributed by atoms with Crippen molar-refractivity contribution in [2.75, 3.05) is 18.4 Å². The topological polar surface area (TPSA) is 38.0 Å². The van der Waals surface area contributed by atoms with Gasteiger partial charge in [0, 0.05) is 16.7 Å². The van der Waals surface area contributed by atoms with Crippen molar-refractivity contribution in [3.63, 3.8) is 0 Å². The Hall–Kier alpha value is -0.540. The summed E-state index contributed by atoms with van der Waals surface area (Å²) in [7, 11) is 0. The van der Waals surface area contributed by atoms with Crippen molar-refractivity contribution in [3.05, 3.63) is 28.7 Å². The van der Waals surface area contributed by atoms with Crippen molar-refractivity contribution < 1.29 is 0 Å². The molecule has 0 amide bonds. The molecule has 3 heteroatoms. The molecule has 0 heterocycles. The predicted molar refractivity (Wildman–Crippen MR) is 70.1 cm³/mol. The standard InChI is InChI=1S/C12H19BrN2/c1-12(2,7-8-14)9-15-11-5-3-10(13)4-6-11/h3-6,15H,7-9,14H2,1-2H3. The fourth-order valence-corrected chi connectivity index (χ4v) is 1.65. The molecule has 0 aromatic heterocycles. The van der Waals surface area contributed by atoms with Gasteiger partial charge in [0.25, 0.3) is 0 Å². The van der Waals surface area contributed by atoms with Gasteiger partial charge in [-0.25, -0.2) is 0 Å². The molecule has 0 atom stereocenters. The maximum absolute atomic E-state index is 5.57. The number of nitrogens with one attached hydrogen (secondary N) is 1. The molecule has 15 heavy (non-hydrogen) atoms. The highest BCUT2D eigenvalue weighted by Gasteiger charge is 2.15. The van der Waals surface area contributed by atoms with Crippen LogP contribution in [0, 0.1) is 5.41 Å². The summed E-state index contributed by atoms with van der Waals surface area (Å²) in [5.41, 5.74) is 6.98. The Morgan fingerprint density at radius 2 is 1.87 bits per heavy atom. The monoisotopic (exact) mass is 270 g/mol. The maximum Gasteiger partial charge on any atom is 0.0341 e. The molecule has 0 saturated carbocycles. The summed E-state index contributed by atoms with van der Waals surface area (Å²) in [4.78, 5) is 0. The van der Waals surface area contributed by atoms with E-state index in [1.165, 1.54) is 0 Å². The summed E-state index contributed by atoms with van der Waals surface area (Å²) < 4.78 is 1.11. The summed E-state index contributed by atoms with van der Waals surface area (Å²) in [5.74, 6) is 0. The van der Waals surface area contributed by atoms with E-state index in [1.54, 1.807) is 0 Å². The highest BCUT2D eigenvalue weighted by Crippen LogP contribution is 2.21. The fourth-order valence-electron chi connectivity index (χ4n) is 1.39. The minimum absolute atomic E-state index is 0.252. The Morgan fingerprint density at radius 1 is 1.27 bits per heavy atom. The van der Waals surface area contributed by atoms with Gasteiger partial charge in [0.05, 0.1) is 0 Å². The highest BCUT2D eigenvalue weighted by atomic mass is 79.9. The van der Waals surface area contributed by atoms with Crippen molar-refractivity contribution in [1.82, 2.24) is 0 Å². The lowest BCUT2D eigenvalue weighted by atomic mass is 9.89. The highest BCUT2D eigenvalue weighted by molar-refractivity contribution is 9.10. The molecule has 84 valence electrons. The second-order valence-corrected chi connectivity index (χ2v) is 5.48. The van der Waals surface area contributed by atoms with Crippen LogP contribution in [0.1, 0.15) is 20.3 Å². The molecule has 1 aromatic carbocycles. The van der Waals surface area contributed by atoms with Crippen molar-refractivity contribution in [2.24, 2.45) is 11.1 Å². The first-order valence-corrected chi connectivity index (χ1v) is 6.02. The Labute approximate surface area is 100 Å². The third-order valence-electron chi connectivity index (χ3n) is 2.44. The van der Waals surface area contributed by atoms with E-state index in [4.69, 9.17) is 5.73 Å². The SMILES string of the molecule is CC(C)(CCN)CNc1ccc(Br)cc1. The summed E-state index contributed by atoms with van der Waals surface area (Å²) in [6.07, 6.45) is 1.04. The molecule has 0 aliphatic rings. The normalized spacial score (nSPS) is 11.5. The lowest BCUT2D eigenvalue weighted by Gasteiger charge is -2.24. The van der Waals surface area contributed by atoms with Gasteiger partial charge in [0.1, 0.15) is 0 Å². The molecular formula is C12H19BrN2. The maximum atomic E-state index is 5.57. The van der Waals surface area contributed by atoms with Crippen LogP contribution in [0.4, 0.5) is 5.69 Å². The van der Waals surface area contributed by atoms with Crippen molar-refractivity contribution in [3.8, 4) is 0 Å².